The van der Waals surface area contributed by atoms with Gasteiger partial charge in [0.1, 0.15) is 0 Å². The highest BCUT2D eigenvalue weighted by Crippen LogP contribution is 2.33. The van der Waals surface area contributed by atoms with Crippen LogP contribution in [0.3, 0.4) is 0 Å². The molecular weight excluding hydrogens is 194 g/mol. The minimum Gasteiger partial charge on any atom is -0.252 e. The number of nitrogens with zero attached hydrogens (tertiary/aromatic N) is 1. The van der Waals surface area contributed by atoms with Gasteiger partial charge in [-0.05, 0) is 24.6 Å². The molecule has 1 atom stereocenters. The minimum atomic E-state index is -1.95. The molecule has 1 heterocycles. The van der Waals surface area contributed by atoms with Crippen LogP contribution < -0.4 is 0 Å². The molecule has 1 aliphatic heterocycles. The summed E-state index contributed by atoms with van der Waals surface area (Å²) in [6, 6.07) is 0. The normalized spacial score (nSPS) is 27.8. The topological polar surface area (TPSA) is 20.3 Å². The van der Waals surface area contributed by atoms with E-state index in [-0.39, 0.29) is 0 Å². The second-order valence-corrected chi connectivity index (χ2v) is 7.21. The third-order valence-corrected chi connectivity index (χ3v) is 5.81. The molecular formula is C11H19NOS. The predicted molar refractivity (Wildman–Crippen MR) is 62.8 cm³/mol. The fraction of sp³-hybridized carbons (Fsp3) is 0.727. The SMILES string of the molecule is C=S(=O)(C1CC1)N1CC=C(C(C)C)C1. The van der Waals surface area contributed by atoms with Crippen LogP contribution >= 0.6 is 0 Å². The summed E-state index contributed by atoms with van der Waals surface area (Å²) in [6.45, 7) is 6.09. The van der Waals surface area contributed by atoms with E-state index in [1.54, 1.807) is 0 Å². The standard InChI is InChI=1S/C11H19NOS/c1-9(2)10-6-7-12(8-10)14(3,13)11-4-5-11/h6,9,11H,3-5,7-8H2,1-2H3. The molecule has 0 radical (unpaired) electrons. The molecule has 80 valence electrons. The Hall–Kier alpha value is -0.280. The van der Waals surface area contributed by atoms with Crippen LogP contribution in [0.25, 0.3) is 0 Å². The molecule has 2 rings (SSSR count). The summed E-state index contributed by atoms with van der Waals surface area (Å²) < 4.78 is 14.4. The Morgan fingerprint density at radius 1 is 1.57 bits per heavy atom. The number of hydrogen-bond acceptors (Lipinski definition) is 1. The van der Waals surface area contributed by atoms with E-state index in [4.69, 9.17) is 0 Å². The van der Waals surface area contributed by atoms with Gasteiger partial charge >= 0.3 is 0 Å². The van der Waals surface area contributed by atoms with Crippen LogP contribution in [0.4, 0.5) is 0 Å². The van der Waals surface area contributed by atoms with Crippen LogP contribution in [-0.2, 0) is 9.71 Å². The summed E-state index contributed by atoms with van der Waals surface area (Å²) in [6.07, 6.45) is 4.43. The molecule has 1 fully saturated rings. The van der Waals surface area contributed by atoms with Gasteiger partial charge in [0.25, 0.3) is 0 Å². The lowest BCUT2D eigenvalue weighted by Gasteiger charge is -2.21. The zero-order valence-corrected chi connectivity index (χ0v) is 9.85. The van der Waals surface area contributed by atoms with E-state index in [0.29, 0.717) is 11.2 Å². The molecule has 0 aromatic heterocycles. The third-order valence-electron chi connectivity index (χ3n) is 3.14. The molecule has 2 aliphatic rings. The first kappa shape index (κ1) is 10.2. The average molecular weight is 213 g/mol. The second kappa shape index (κ2) is 3.38. The Kier molecular flexibility index (Phi) is 2.48. The van der Waals surface area contributed by atoms with Crippen molar-refractivity contribution in [1.29, 1.82) is 0 Å². The molecule has 0 amide bonds. The fourth-order valence-corrected chi connectivity index (χ4v) is 3.84. The molecule has 1 saturated carbocycles. The van der Waals surface area contributed by atoms with Crippen molar-refractivity contribution in [2.75, 3.05) is 13.1 Å². The summed E-state index contributed by atoms with van der Waals surface area (Å²) >= 11 is 0. The van der Waals surface area contributed by atoms with Crippen molar-refractivity contribution in [3.8, 4) is 0 Å². The molecule has 0 saturated heterocycles. The fourth-order valence-electron chi connectivity index (χ4n) is 1.85. The molecule has 0 spiro atoms. The van der Waals surface area contributed by atoms with E-state index in [9.17, 15) is 4.21 Å². The minimum absolute atomic E-state index is 0.377. The maximum Gasteiger partial charge on any atom is 0.0405 e. The highest BCUT2D eigenvalue weighted by molar-refractivity contribution is 7.99. The molecule has 0 aromatic rings. The van der Waals surface area contributed by atoms with Gasteiger partial charge in [0.2, 0.25) is 0 Å². The van der Waals surface area contributed by atoms with Crippen LogP contribution in [0.5, 0.6) is 0 Å². The summed E-state index contributed by atoms with van der Waals surface area (Å²) in [5.74, 6) is 4.51. The highest BCUT2D eigenvalue weighted by atomic mass is 32.2. The first-order valence-corrected chi connectivity index (χ1v) is 7.06. The van der Waals surface area contributed by atoms with Gasteiger partial charge in [0.05, 0.1) is 0 Å². The van der Waals surface area contributed by atoms with Gasteiger partial charge < -0.3 is 0 Å². The Balaban J connectivity index is 2.04. The predicted octanol–water partition coefficient (Wildman–Crippen LogP) is 1.68. The second-order valence-electron chi connectivity index (χ2n) is 4.65. The van der Waals surface area contributed by atoms with Crippen molar-refractivity contribution in [2.24, 2.45) is 5.92 Å². The van der Waals surface area contributed by atoms with E-state index in [1.807, 2.05) is 0 Å². The lowest BCUT2D eigenvalue weighted by atomic mass is 10.1. The maximum absolute atomic E-state index is 12.3. The lowest BCUT2D eigenvalue weighted by molar-refractivity contribution is 0.529. The van der Waals surface area contributed by atoms with Crippen LogP contribution in [0, 0.1) is 5.92 Å². The van der Waals surface area contributed by atoms with E-state index >= 15 is 0 Å². The molecule has 0 N–H and O–H groups in total. The van der Waals surface area contributed by atoms with Gasteiger partial charge in [0, 0.05) is 28.0 Å². The molecule has 3 heteroatoms. The highest BCUT2D eigenvalue weighted by Gasteiger charge is 2.36. The first-order valence-electron chi connectivity index (χ1n) is 5.32. The van der Waals surface area contributed by atoms with E-state index in [2.05, 4.69) is 30.1 Å². The van der Waals surface area contributed by atoms with E-state index in [1.165, 1.54) is 5.57 Å². The molecule has 1 unspecified atom stereocenters. The van der Waals surface area contributed by atoms with E-state index < -0.39 is 9.71 Å². The van der Waals surface area contributed by atoms with Crippen molar-refractivity contribution in [3.05, 3.63) is 11.6 Å². The number of rotatable bonds is 3. The molecule has 1 aliphatic carbocycles. The lowest BCUT2D eigenvalue weighted by Crippen LogP contribution is -2.32. The van der Waals surface area contributed by atoms with Gasteiger partial charge in [-0.15, -0.1) is 0 Å². The molecule has 14 heavy (non-hydrogen) atoms. The first-order chi connectivity index (χ1) is 6.51. The summed E-state index contributed by atoms with van der Waals surface area (Å²) in [5, 5.41) is 0.377. The van der Waals surface area contributed by atoms with Crippen molar-refractivity contribution in [2.45, 2.75) is 31.9 Å². The number of hydrogen-bond donors (Lipinski definition) is 0. The summed E-state index contributed by atoms with van der Waals surface area (Å²) in [5.41, 5.74) is 1.42. The smallest absolute Gasteiger partial charge is 0.0405 e. The Bertz CT molecular complexity index is 349. The van der Waals surface area contributed by atoms with Crippen LogP contribution in [0.15, 0.2) is 11.6 Å². The van der Waals surface area contributed by atoms with Gasteiger partial charge in [-0.25, -0.2) is 4.31 Å². The quantitative estimate of drug-likeness (QED) is 0.516. The molecule has 0 aromatic carbocycles. The van der Waals surface area contributed by atoms with Gasteiger partial charge in [-0.3, -0.25) is 4.21 Å². The molecule has 0 bridgehead atoms. The monoisotopic (exact) mass is 213 g/mol. The van der Waals surface area contributed by atoms with Crippen molar-refractivity contribution < 1.29 is 4.21 Å². The maximum atomic E-state index is 12.3. The van der Waals surface area contributed by atoms with Gasteiger partial charge in [-0.2, -0.15) is 0 Å². The zero-order valence-electron chi connectivity index (χ0n) is 9.03. The third kappa shape index (κ3) is 1.75. The summed E-state index contributed by atoms with van der Waals surface area (Å²) in [4.78, 5) is 0. The van der Waals surface area contributed by atoms with E-state index in [0.717, 1.165) is 25.9 Å². The molecule has 2 nitrogen and oxygen atoms in total. The summed E-state index contributed by atoms with van der Waals surface area (Å²) in [7, 11) is -1.95. The zero-order chi connectivity index (χ0) is 10.3. The van der Waals surface area contributed by atoms with Gasteiger partial charge in [0.15, 0.2) is 0 Å². The van der Waals surface area contributed by atoms with Crippen LogP contribution in [-0.4, -0.2) is 32.7 Å². The largest absolute Gasteiger partial charge is 0.252 e. The Morgan fingerprint density at radius 3 is 2.64 bits per heavy atom. The average Bonchev–Trinajstić information content (AvgIpc) is 2.82. The van der Waals surface area contributed by atoms with Crippen molar-refractivity contribution in [3.63, 3.8) is 0 Å². The van der Waals surface area contributed by atoms with Crippen molar-refractivity contribution >= 4 is 15.6 Å². The van der Waals surface area contributed by atoms with Crippen molar-refractivity contribution in [1.82, 2.24) is 4.31 Å². The Morgan fingerprint density at radius 2 is 2.21 bits per heavy atom. The van der Waals surface area contributed by atoms with Gasteiger partial charge in [-0.1, -0.05) is 25.5 Å². The Labute approximate surface area is 87.1 Å². The van der Waals surface area contributed by atoms with Crippen LogP contribution in [0.1, 0.15) is 26.7 Å². The van der Waals surface area contributed by atoms with Crippen LogP contribution in [0.2, 0.25) is 0 Å².